The summed E-state index contributed by atoms with van der Waals surface area (Å²) >= 11 is 0. The molecule has 2 N–H and O–H groups in total. The van der Waals surface area contributed by atoms with Gasteiger partial charge in [-0.15, -0.1) is 0 Å². The van der Waals surface area contributed by atoms with Crippen LogP contribution in [0.2, 0.25) is 0 Å². The molecule has 0 aromatic heterocycles. The SMILES string of the molecule is CCCOc1ccc(CN=C(NCC)NCC(F)F)c(OC(F)F)c1. The number of rotatable bonds is 10. The lowest BCUT2D eigenvalue weighted by Gasteiger charge is -2.14. The topological polar surface area (TPSA) is 54.9 Å². The summed E-state index contributed by atoms with van der Waals surface area (Å²) in [6.07, 6.45) is -1.75. The Hall–Kier alpha value is -2.19. The predicted molar refractivity (Wildman–Crippen MR) is 87.7 cm³/mol. The summed E-state index contributed by atoms with van der Waals surface area (Å²) in [4.78, 5) is 4.11. The first-order chi connectivity index (χ1) is 12.0. The molecule has 25 heavy (non-hydrogen) atoms. The fourth-order valence-corrected chi connectivity index (χ4v) is 1.86. The molecule has 0 amide bonds. The number of benzene rings is 1. The van der Waals surface area contributed by atoms with E-state index in [1.54, 1.807) is 19.1 Å². The Balaban J connectivity index is 2.90. The quantitative estimate of drug-likeness (QED) is 0.379. The molecule has 0 aliphatic rings. The van der Waals surface area contributed by atoms with E-state index in [9.17, 15) is 17.6 Å². The van der Waals surface area contributed by atoms with Crippen LogP contribution in [0.5, 0.6) is 11.5 Å². The maximum atomic E-state index is 12.6. The van der Waals surface area contributed by atoms with Crippen molar-refractivity contribution in [2.45, 2.75) is 39.9 Å². The molecule has 5 nitrogen and oxygen atoms in total. The molecule has 0 saturated heterocycles. The molecule has 0 spiro atoms. The van der Waals surface area contributed by atoms with Gasteiger partial charge in [0.25, 0.3) is 6.43 Å². The van der Waals surface area contributed by atoms with Crippen molar-refractivity contribution in [2.24, 2.45) is 4.99 Å². The van der Waals surface area contributed by atoms with Gasteiger partial charge in [0.2, 0.25) is 0 Å². The first-order valence-corrected chi connectivity index (χ1v) is 7.97. The van der Waals surface area contributed by atoms with E-state index in [-0.39, 0.29) is 18.3 Å². The van der Waals surface area contributed by atoms with Gasteiger partial charge in [0.05, 0.1) is 19.7 Å². The molecule has 0 aliphatic carbocycles. The highest BCUT2D eigenvalue weighted by atomic mass is 19.3. The monoisotopic (exact) mass is 365 g/mol. The van der Waals surface area contributed by atoms with Gasteiger partial charge >= 0.3 is 6.61 Å². The zero-order valence-electron chi connectivity index (χ0n) is 14.2. The summed E-state index contributed by atoms with van der Waals surface area (Å²) < 4.78 is 59.7. The first-order valence-electron chi connectivity index (χ1n) is 7.97. The third-order valence-electron chi connectivity index (χ3n) is 2.90. The van der Waals surface area contributed by atoms with Crippen LogP contribution in [0.3, 0.4) is 0 Å². The second kappa shape index (κ2) is 11.4. The molecule has 0 saturated carbocycles. The van der Waals surface area contributed by atoms with Crippen LogP contribution < -0.4 is 20.1 Å². The van der Waals surface area contributed by atoms with E-state index in [0.717, 1.165) is 6.42 Å². The van der Waals surface area contributed by atoms with Gasteiger partial charge in [0.15, 0.2) is 5.96 Å². The van der Waals surface area contributed by atoms with E-state index in [2.05, 4.69) is 20.4 Å². The van der Waals surface area contributed by atoms with Crippen LogP contribution in [0.1, 0.15) is 25.8 Å². The number of aliphatic imine (C=N–C) groups is 1. The number of ether oxygens (including phenoxy) is 2. The zero-order valence-corrected chi connectivity index (χ0v) is 14.2. The Morgan fingerprint density at radius 2 is 1.92 bits per heavy atom. The number of halogens is 4. The van der Waals surface area contributed by atoms with Crippen LogP contribution in [0.15, 0.2) is 23.2 Å². The van der Waals surface area contributed by atoms with Gasteiger partial charge in [-0.2, -0.15) is 8.78 Å². The van der Waals surface area contributed by atoms with Gasteiger partial charge in [-0.25, -0.2) is 13.8 Å². The number of guanidine groups is 1. The maximum Gasteiger partial charge on any atom is 0.387 e. The summed E-state index contributed by atoms with van der Waals surface area (Å²) in [5.41, 5.74) is 0.387. The fourth-order valence-electron chi connectivity index (χ4n) is 1.86. The third-order valence-corrected chi connectivity index (χ3v) is 2.90. The van der Waals surface area contributed by atoms with Gasteiger partial charge in [-0.3, -0.25) is 0 Å². The van der Waals surface area contributed by atoms with Crippen molar-refractivity contribution in [3.8, 4) is 11.5 Å². The Morgan fingerprint density at radius 3 is 2.52 bits per heavy atom. The van der Waals surface area contributed by atoms with Crippen molar-refractivity contribution in [1.82, 2.24) is 10.6 Å². The Kier molecular flexibility index (Phi) is 9.49. The van der Waals surface area contributed by atoms with Crippen molar-refractivity contribution in [1.29, 1.82) is 0 Å². The Morgan fingerprint density at radius 1 is 1.16 bits per heavy atom. The van der Waals surface area contributed by atoms with Gasteiger partial charge < -0.3 is 20.1 Å². The predicted octanol–water partition coefficient (Wildman–Crippen LogP) is 3.40. The van der Waals surface area contributed by atoms with E-state index in [1.165, 1.54) is 6.07 Å². The normalized spacial score (nSPS) is 11.8. The first kappa shape index (κ1) is 20.9. The number of nitrogens with zero attached hydrogens (tertiary/aromatic N) is 1. The molecule has 0 fully saturated rings. The molecular weight excluding hydrogens is 342 g/mol. The van der Waals surface area contributed by atoms with Crippen molar-refractivity contribution in [3.05, 3.63) is 23.8 Å². The van der Waals surface area contributed by atoms with Crippen LogP contribution in [-0.4, -0.2) is 38.7 Å². The summed E-state index contributed by atoms with van der Waals surface area (Å²) in [6, 6.07) is 4.55. The lowest BCUT2D eigenvalue weighted by Crippen LogP contribution is -2.39. The van der Waals surface area contributed by atoms with Crippen LogP contribution >= 0.6 is 0 Å². The minimum Gasteiger partial charge on any atom is -0.493 e. The second-order valence-corrected chi connectivity index (χ2v) is 4.96. The molecule has 0 bridgehead atoms. The molecule has 1 rings (SSSR count). The maximum absolute atomic E-state index is 12.6. The van der Waals surface area contributed by atoms with E-state index in [1.807, 2.05) is 6.92 Å². The zero-order chi connectivity index (χ0) is 18.7. The highest BCUT2D eigenvalue weighted by Gasteiger charge is 2.12. The van der Waals surface area contributed by atoms with Crippen LogP contribution in [0.4, 0.5) is 17.6 Å². The Labute approximate surface area is 144 Å². The van der Waals surface area contributed by atoms with Crippen LogP contribution in [0.25, 0.3) is 0 Å². The summed E-state index contributed by atoms with van der Waals surface area (Å²) in [7, 11) is 0. The number of nitrogens with one attached hydrogen (secondary N) is 2. The average molecular weight is 365 g/mol. The van der Waals surface area contributed by atoms with E-state index in [4.69, 9.17) is 4.74 Å². The molecule has 1 aromatic carbocycles. The molecule has 1 aromatic rings. The van der Waals surface area contributed by atoms with Crippen molar-refractivity contribution < 1.29 is 27.0 Å². The summed E-state index contributed by atoms with van der Waals surface area (Å²) in [5, 5.41) is 5.26. The number of alkyl halides is 4. The molecule has 0 unspecified atom stereocenters. The Bertz CT molecular complexity index is 542. The smallest absolute Gasteiger partial charge is 0.387 e. The third kappa shape index (κ3) is 8.46. The molecule has 0 aliphatic heterocycles. The van der Waals surface area contributed by atoms with Crippen molar-refractivity contribution in [2.75, 3.05) is 19.7 Å². The standard InChI is InChI=1S/C16H23F4N3O2/c1-3-7-24-12-6-5-11(13(8-12)25-15(19)20)9-22-16(21-4-2)23-10-14(17)18/h5-6,8,14-15H,3-4,7,9-10H2,1-2H3,(H2,21,22,23). The molecule has 142 valence electrons. The van der Waals surface area contributed by atoms with Gasteiger partial charge in [0.1, 0.15) is 11.5 Å². The largest absolute Gasteiger partial charge is 0.493 e. The highest BCUT2D eigenvalue weighted by molar-refractivity contribution is 5.79. The minimum atomic E-state index is -2.99. The molecule has 9 heteroatoms. The molecule has 0 heterocycles. The molecule has 0 radical (unpaired) electrons. The van der Waals surface area contributed by atoms with Gasteiger partial charge in [-0.1, -0.05) is 6.92 Å². The highest BCUT2D eigenvalue weighted by Crippen LogP contribution is 2.27. The number of hydrogen-bond donors (Lipinski definition) is 2. The lowest BCUT2D eigenvalue weighted by molar-refractivity contribution is -0.0505. The van der Waals surface area contributed by atoms with E-state index >= 15 is 0 Å². The van der Waals surface area contributed by atoms with Crippen molar-refractivity contribution in [3.63, 3.8) is 0 Å². The molecular formula is C16H23F4N3O2. The van der Waals surface area contributed by atoms with Crippen LogP contribution in [0, 0.1) is 0 Å². The fraction of sp³-hybridized carbons (Fsp3) is 0.562. The lowest BCUT2D eigenvalue weighted by atomic mass is 10.2. The van der Waals surface area contributed by atoms with E-state index < -0.39 is 19.6 Å². The minimum absolute atomic E-state index is 0.0192. The summed E-state index contributed by atoms with van der Waals surface area (Å²) in [5.74, 6) is 0.516. The summed E-state index contributed by atoms with van der Waals surface area (Å²) in [6.45, 7) is 1.06. The van der Waals surface area contributed by atoms with Crippen molar-refractivity contribution >= 4 is 5.96 Å². The number of hydrogen-bond acceptors (Lipinski definition) is 3. The van der Waals surface area contributed by atoms with Gasteiger partial charge in [-0.05, 0) is 25.5 Å². The second-order valence-electron chi connectivity index (χ2n) is 4.96. The van der Waals surface area contributed by atoms with E-state index in [0.29, 0.717) is 24.5 Å². The van der Waals surface area contributed by atoms with Gasteiger partial charge in [0, 0.05) is 18.2 Å². The molecule has 0 atom stereocenters. The average Bonchev–Trinajstić information content (AvgIpc) is 2.56. The van der Waals surface area contributed by atoms with Crippen LogP contribution in [-0.2, 0) is 6.54 Å².